The van der Waals surface area contributed by atoms with Crippen molar-refractivity contribution in [3.63, 3.8) is 0 Å². The predicted octanol–water partition coefficient (Wildman–Crippen LogP) is -2.61. The van der Waals surface area contributed by atoms with Gasteiger partial charge in [-0.05, 0) is 6.42 Å². The number of nitrogens with one attached hydrogen (secondary N) is 1. The zero-order valence-electron chi connectivity index (χ0n) is 11.2. The van der Waals surface area contributed by atoms with Crippen LogP contribution < -0.4 is 4.72 Å². The van der Waals surface area contributed by atoms with Crippen LogP contribution in [0.25, 0.3) is 0 Å². The monoisotopic (exact) mass is 289 g/mol. The first-order valence-electron chi connectivity index (χ1n) is 6.49. The van der Waals surface area contributed by atoms with Gasteiger partial charge in [-0.15, -0.1) is 0 Å². The molecule has 0 aromatic rings. The second-order valence-corrected chi connectivity index (χ2v) is 6.88. The molecule has 0 saturated carbocycles. The fourth-order valence-electron chi connectivity index (χ4n) is 2.48. The summed E-state index contributed by atoms with van der Waals surface area (Å²) >= 11 is 0. The Morgan fingerprint density at radius 2 is 2.00 bits per heavy atom. The van der Waals surface area contributed by atoms with Crippen molar-refractivity contribution in [2.24, 2.45) is 0 Å². The molecule has 0 aliphatic carbocycles. The van der Waals surface area contributed by atoms with Gasteiger partial charge >= 0.3 is 0 Å². The smallest absolute Gasteiger partial charge is 0.275 e. The molecule has 0 bridgehead atoms. The Hall–Kier alpha value is -0.635. The highest BCUT2D eigenvalue weighted by molar-refractivity contribution is 8.10. The van der Waals surface area contributed by atoms with Crippen LogP contribution in [0.1, 0.15) is 6.42 Å². The van der Waals surface area contributed by atoms with E-state index in [0.29, 0.717) is 39.4 Å². The standard InChI is InChI=1S/C10H20BN3O4S/c11-19(16,17)12-9-1-2-13(7-9)8-10(15)14-3-5-18-6-4-14/h9,12H,1-8,11H2. The molecule has 1 unspecified atom stereocenters. The molecule has 1 amide bonds. The van der Waals surface area contributed by atoms with E-state index >= 15 is 0 Å². The molecule has 2 heterocycles. The van der Waals surface area contributed by atoms with Crippen LogP contribution in [0.15, 0.2) is 0 Å². The van der Waals surface area contributed by atoms with Gasteiger partial charge in [0.1, 0.15) is 0 Å². The number of ether oxygens (including phenoxy) is 1. The third-order valence-corrected chi connectivity index (χ3v) is 4.14. The molecule has 7 nitrogen and oxygen atoms in total. The van der Waals surface area contributed by atoms with Crippen LogP contribution in [0.3, 0.4) is 0 Å². The lowest BCUT2D eigenvalue weighted by Crippen LogP contribution is -2.46. The topological polar surface area (TPSA) is 79.0 Å². The highest BCUT2D eigenvalue weighted by Crippen LogP contribution is 2.10. The molecule has 0 radical (unpaired) electrons. The zero-order valence-corrected chi connectivity index (χ0v) is 12.0. The lowest BCUT2D eigenvalue weighted by molar-refractivity contribution is -0.136. The van der Waals surface area contributed by atoms with Crippen molar-refractivity contribution in [1.29, 1.82) is 0 Å². The van der Waals surface area contributed by atoms with Gasteiger partial charge in [-0.25, -0.2) is 13.1 Å². The molecule has 2 rings (SSSR count). The van der Waals surface area contributed by atoms with E-state index in [1.54, 1.807) is 4.90 Å². The van der Waals surface area contributed by atoms with E-state index in [4.69, 9.17) is 4.74 Å². The SMILES string of the molecule is BS(=O)(=O)NC1CCN(CC(=O)N2CCOCC2)C1. The number of rotatable bonds is 4. The number of amides is 1. The lowest BCUT2D eigenvalue weighted by Gasteiger charge is -2.28. The molecule has 2 fully saturated rings. The van der Waals surface area contributed by atoms with Crippen molar-refractivity contribution in [1.82, 2.24) is 14.5 Å². The van der Waals surface area contributed by atoms with E-state index in [2.05, 4.69) is 4.72 Å². The van der Waals surface area contributed by atoms with Gasteiger partial charge < -0.3 is 9.64 Å². The van der Waals surface area contributed by atoms with Crippen LogP contribution >= 0.6 is 0 Å². The van der Waals surface area contributed by atoms with E-state index in [1.807, 2.05) is 4.90 Å². The van der Waals surface area contributed by atoms with Crippen LogP contribution in [-0.2, 0) is 19.4 Å². The minimum Gasteiger partial charge on any atom is -0.378 e. The molecule has 0 aromatic carbocycles. The summed E-state index contributed by atoms with van der Waals surface area (Å²) in [6, 6.07) is -0.0764. The summed E-state index contributed by atoms with van der Waals surface area (Å²) in [5.74, 6) is 0.100. The number of morpholine rings is 1. The molecular formula is C10H20BN3O4S. The number of hydrogen-bond donors (Lipinski definition) is 1. The van der Waals surface area contributed by atoms with Crippen molar-refractivity contribution in [2.45, 2.75) is 12.5 Å². The Morgan fingerprint density at radius 3 is 2.63 bits per heavy atom. The average Bonchev–Trinajstić information content (AvgIpc) is 2.75. The minimum absolute atomic E-state index is 0.0764. The fraction of sp³-hybridized carbons (Fsp3) is 0.900. The van der Waals surface area contributed by atoms with E-state index in [-0.39, 0.29) is 11.9 Å². The second-order valence-electron chi connectivity index (χ2n) is 5.10. The van der Waals surface area contributed by atoms with E-state index in [1.165, 1.54) is 0 Å². The van der Waals surface area contributed by atoms with Gasteiger partial charge in [0.25, 0.3) is 7.12 Å². The molecule has 19 heavy (non-hydrogen) atoms. The molecule has 0 spiro atoms. The first-order chi connectivity index (χ1) is 8.94. The third-order valence-electron chi connectivity index (χ3n) is 3.38. The number of carbonyl (C=O) groups excluding carboxylic acids is 1. The molecule has 1 N–H and O–H groups in total. The Bertz CT molecular complexity index is 424. The minimum atomic E-state index is -3.17. The summed E-state index contributed by atoms with van der Waals surface area (Å²) in [7, 11) is -2.01. The summed E-state index contributed by atoms with van der Waals surface area (Å²) in [6.45, 7) is 4.22. The molecule has 108 valence electrons. The van der Waals surface area contributed by atoms with Gasteiger partial charge in [0, 0.05) is 32.2 Å². The maximum absolute atomic E-state index is 12.0. The fourth-order valence-corrected chi connectivity index (χ4v) is 3.28. The van der Waals surface area contributed by atoms with Crippen molar-refractivity contribution < 1.29 is 17.9 Å². The number of carbonyl (C=O) groups is 1. The van der Waals surface area contributed by atoms with Crippen LogP contribution in [-0.4, -0.2) is 83.2 Å². The molecular weight excluding hydrogens is 269 g/mol. The van der Waals surface area contributed by atoms with Crippen LogP contribution in [0.2, 0.25) is 0 Å². The van der Waals surface area contributed by atoms with Gasteiger partial charge in [-0.1, -0.05) is 0 Å². The summed E-state index contributed by atoms with van der Waals surface area (Å²) in [5.41, 5.74) is 0. The van der Waals surface area contributed by atoms with Crippen molar-refractivity contribution in [3.05, 3.63) is 0 Å². The molecule has 2 saturated heterocycles. The van der Waals surface area contributed by atoms with Crippen LogP contribution in [0.5, 0.6) is 0 Å². The molecule has 2 aliphatic rings. The predicted molar refractivity (Wildman–Crippen MR) is 72.8 cm³/mol. The second kappa shape index (κ2) is 6.21. The van der Waals surface area contributed by atoms with Crippen molar-refractivity contribution >= 4 is 22.9 Å². The van der Waals surface area contributed by atoms with Crippen molar-refractivity contribution in [3.8, 4) is 0 Å². The van der Waals surface area contributed by atoms with Gasteiger partial charge in [0.2, 0.25) is 5.91 Å². The Labute approximate surface area is 114 Å². The van der Waals surface area contributed by atoms with E-state index < -0.39 is 9.87 Å². The van der Waals surface area contributed by atoms with Crippen LogP contribution in [0.4, 0.5) is 0 Å². The van der Waals surface area contributed by atoms with Crippen molar-refractivity contribution in [2.75, 3.05) is 45.9 Å². The Morgan fingerprint density at radius 1 is 1.32 bits per heavy atom. The highest BCUT2D eigenvalue weighted by atomic mass is 32.2. The third kappa shape index (κ3) is 4.75. The van der Waals surface area contributed by atoms with Crippen LogP contribution in [0, 0.1) is 0 Å². The highest BCUT2D eigenvalue weighted by Gasteiger charge is 2.27. The molecule has 2 aliphatic heterocycles. The molecule has 0 aromatic heterocycles. The van der Waals surface area contributed by atoms with E-state index in [0.717, 1.165) is 20.1 Å². The number of hydrogen-bond acceptors (Lipinski definition) is 5. The lowest BCUT2D eigenvalue weighted by atomic mass is 10.3. The number of likely N-dealkylation sites (tertiary alicyclic amines) is 1. The summed E-state index contributed by atoms with van der Waals surface area (Å²) in [4.78, 5) is 15.8. The summed E-state index contributed by atoms with van der Waals surface area (Å²) < 4.78 is 30.1. The quantitative estimate of drug-likeness (QED) is 0.574. The largest absolute Gasteiger partial charge is 0.378 e. The zero-order chi connectivity index (χ0) is 13.9. The summed E-state index contributed by atoms with van der Waals surface area (Å²) in [5, 5.41) is 0. The first-order valence-corrected chi connectivity index (χ1v) is 8.38. The summed E-state index contributed by atoms with van der Waals surface area (Å²) in [6.07, 6.45) is 0.753. The van der Waals surface area contributed by atoms with Gasteiger partial charge in [-0.2, -0.15) is 0 Å². The molecule has 1 atom stereocenters. The molecule has 9 heteroatoms. The van der Waals surface area contributed by atoms with Gasteiger partial charge in [-0.3, -0.25) is 9.69 Å². The Kier molecular flexibility index (Phi) is 4.83. The van der Waals surface area contributed by atoms with Gasteiger partial charge in [0.15, 0.2) is 9.87 Å². The van der Waals surface area contributed by atoms with E-state index in [9.17, 15) is 13.2 Å². The Balaban J connectivity index is 1.76. The van der Waals surface area contributed by atoms with Gasteiger partial charge in [0.05, 0.1) is 19.8 Å². The first kappa shape index (κ1) is 14.8. The normalized spacial score (nSPS) is 25.7. The number of nitrogens with zero attached hydrogens (tertiary/aromatic N) is 2. The maximum Gasteiger partial charge on any atom is 0.275 e. The maximum atomic E-state index is 12.0. The average molecular weight is 289 g/mol.